The zero-order chi connectivity index (χ0) is 9.10. The Bertz CT molecular complexity index is 383. The second-order valence-corrected chi connectivity index (χ2v) is 2.58. The highest BCUT2D eigenvalue weighted by Crippen LogP contribution is 2.18. The third-order valence-corrected chi connectivity index (χ3v) is 1.68. The van der Waals surface area contributed by atoms with Crippen molar-refractivity contribution in [3.8, 4) is 17.0 Å². The van der Waals surface area contributed by atoms with Crippen molar-refractivity contribution in [3.63, 3.8) is 0 Å². The van der Waals surface area contributed by atoms with Crippen LogP contribution in [0.15, 0.2) is 36.7 Å². The first-order chi connectivity index (χ1) is 6.36. The summed E-state index contributed by atoms with van der Waals surface area (Å²) < 4.78 is 0. The van der Waals surface area contributed by atoms with Crippen molar-refractivity contribution in [1.29, 1.82) is 0 Å². The minimum Gasteiger partial charge on any atom is -0.508 e. The summed E-state index contributed by atoms with van der Waals surface area (Å²) in [6.45, 7) is 0. The van der Waals surface area contributed by atoms with E-state index in [-0.39, 0.29) is 5.75 Å². The van der Waals surface area contributed by atoms with E-state index in [1.807, 2.05) is 0 Å². The van der Waals surface area contributed by atoms with Gasteiger partial charge >= 0.3 is 0 Å². The van der Waals surface area contributed by atoms with Crippen LogP contribution in [0.2, 0.25) is 0 Å². The van der Waals surface area contributed by atoms with Gasteiger partial charge in [0.2, 0.25) is 0 Å². The van der Waals surface area contributed by atoms with E-state index < -0.39 is 0 Å². The predicted octanol–water partition coefficient (Wildman–Crippen LogP) is 1.65. The highest BCUT2D eigenvalue weighted by Gasteiger charge is 1.97. The molecule has 0 amide bonds. The number of phenolic OH excluding ortho intramolecular Hbond substituents is 1. The lowest BCUT2D eigenvalue weighted by Gasteiger charge is -1.98. The van der Waals surface area contributed by atoms with Gasteiger partial charge in [-0.3, -0.25) is 4.98 Å². The second-order valence-electron chi connectivity index (χ2n) is 2.58. The van der Waals surface area contributed by atoms with Crippen LogP contribution in [0.3, 0.4) is 0 Å². The molecular weight excluding hydrogens is 164 g/mol. The van der Waals surface area contributed by atoms with Gasteiger partial charge in [0.25, 0.3) is 0 Å². The molecule has 1 radical (unpaired) electrons. The van der Waals surface area contributed by atoms with E-state index >= 15 is 0 Å². The van der Waals surface area contributed by atoms with Crippen LogP contribution in [-0.2, 0) is 0 Å². The Balaban J connectivity index is 2.42. The van der Waals surface area contributed by atoms with Crippen LogP contribution in [0.1, 0.15) is 0 Å². The van der Waals surface area contributed by atoms with Gasteiger partial charge < -0.3 is 5.11 Å². The molecule has 0 unspecified atom stereocenters. The number of benzene rings is 1. The van der Waals surface area contributed by atoms with Crippen molar-refractivity contribution in [2.75, 3.05) is 0 Å². The highest BCUT2D eigenvalue weighted by molar-refractivity contribution is 5.58. The van der Waals surface area contributed by atoms with Crippen LogP contribution < -0.4 is 0 Å². The van der Waals surface area contributed by atoms with Crippen LogP contribution in [0.4, 0.5) is 0 Å². The quantitative estimate of drug-likeness (QED) is 0.709. The molecule has 2 aromatic rings. The minimum absolute atomic E-state index is 0.247. The maximum absolute atomic E-state index is 9.06. The molecule has 0 aliphatic rings. The van der Waals surface area contributed by atoms with Gasteiger partial charge in [-0.05, 0) is 24.3 Å². The summed E-state index contributed by atoms with van der Waals surface area (Å²) in [6, 6.07) is 6.80. The Hall–Kier alpha value is -1.90. The van der Waals surface area contributed by atoms with Crippen molar-refractivity contribution in [1.82, 2.24) is 9.97 Å². The molecule has 0 aliphatic heterocycles. The summed E-state index contributed by atoms with van der Waals surface area (Å²) in [5.74, 6) is 0.247. The van der Waals surface area contributed by atoms with Gasteiger partial charge in [0, 0.05) is 5.56 Å². The first-order valence-electron chi connectivity index (χ1n) is 3.84. The number of aromatic hydroxyl groups is 1. The lowest BCUT2D eigenvalue weighted by Crippen LogP contribution is -1.83. The Labute approximate surface area is 75.7 Å². The van der Waals surface area contributed by atoms with Gasteiger partial charge in [-0.25, -0.2) is 4.98 Å². The number of aromatic nitrogens is 2. The second kappa shape index (κ2) is 3.23. The fraction of sp³-hybridized carbons (Fsp3) is 0. The molecule has 0 aliphatic carbocycles. The molecule has 1 N–H and O–H groups in total. The van der Waals surface area contributed by atoms with Gasteiger partial charge in [0.05, 0.1) is 18.1 Å². The molecule has 1 aromatic carbocycles. The summed E-state index contributed by atoms with van der Waals surface area (Å²) in [6.07, 6.45) is 5.81. The van der Waals surface area contributed by atoms with Crippen LogP contribution in [0, 0.1) is 6.20 Å². The lowest BCUT2D eigenvalue weighted by atomic mass is 10.1. The minimum atomic E-state index is 0.247. The van der Waals surface area contributed by atoms with E-state index in [0.29, 0.717) is 0 Å². The van der Waals surface area contributed by atoms with Crippen molar-refractivity contribution in [2.45, 2.75) is 0 Å². The van der Waals surface area contributed by atoms with Gasteiger partial charge in [-0.1, -0.05) is 0 Å². The van der Waals surface area contributed by atoms with Crippen molar-refractivity contribution < 1.29 is 5.11 Å². The fourth-order valence-electron chi connectivity index (χ4n) is 1.04. The molecule has 63 valence electrons. The van der Waals surface area contributed by atoms with E-state index in [9.17, 15) is 0 Å². The van der Waals surface area contributed by atoms with Gasteiger partial charge in [0.1, 0.15) is 11.9 Å². The normalized spacial score (nSPS) is 9.85. The number of phenols is 1. The van der Waals surface area contributed by atoms with Gasteiger partial charge in [-0.15, -0.1) is 0 Å². The van der Waals surface area contributed by atoms with E-state index in [1.54, 1.807) is 30.5 Å². The van der Waals surface area contributed by atoms with Crippen molar-refractivity contribution in [3.05, 3.63) is 42.9 Å². The summed E-state index contributed by atoms with van der Waals surface area (Å²) in [4.78, 5) is 7.91. The summed E-state index contributed by atoms with van der Waals surface area (Å²) in [5, 5.41) is 9.06. The zero-order valence-corrected chi connectivity index (χ0v) is 6.81. The fourth-order valence-corrected chi connectivity index (χ4v) is 1.04. The average molecular weight is 171 g/mol. The van der Waals surface area contributed by atoms with E-state index in [4.69, 9.17) is 5.11 Å². The maximum atomic E-state index is 9.06. The summed E-state index contributed by atoms with van der Waals surface area (Å²) in [5.41, 5.74) is 1.67. The monoisotopic (exact) mass is 171 g/mol. The molecule has 3 heteroatoms. The SMILES string of the molecule is Oc1ccc(-c2cnc[c]n2)cc1. The Morgan fingerprint density at radius 2 is 1.92 bits per heavy atom. The number of hydrogen-bond acceptors (Lipinski definition) is 3. The van der Waals surface area contributed by atoms with Crippen LogP contribution >= 0.6 is 0 Å². The number of nitrogens with zero attached hydrogens (tertiary/aromatic N) is 2. The average Bonchev–Trinajstić information content (AvgIpc) is 2.20. The molecular formula is C10H7N2O. The van der Waals surface area contributed by atoms with Crippen molar-refractivity contribution >= 4 is 0 Å². The summed E-state index contributed by atoms with van der Waals surface area (Å²) in [7, 11) is 0. The third kappa shape index (κ3) is 1.64. The molecule has 0 spiro atoms. The smallest absolute Gasteiger partial charge is 0.115 e. The molecule has 0 atom stereocenters. The maximum Gasteiger partial charge on any atom is 0.115 e. The molecule has 1 aromatic heterocycles. The molecule has 0 fully saturated rings. The van der Waals surface area contributed by atoms with Crippen LogP contribution in [-0.4, -0.2) is 15.1 Å². The topological polar surface area (TPSA) is 46.0 Å². The van der Waals surface area contributed by atoms with E-state index in [0.717, 1.165) is 11.3 Å². The molecule has 0 saturated heterocycles. The van der Waals surface area contributed by atoms with E-state index in [2.05, 4.69) is 16.2 Å². The largest absolute Gasteiger partial charge is 0.508 e. The first-order valence-corrected chi connectivity index (χ1v) is 3.84. The first kappa shape index (κ1) is 7.73. The molecule has 0 saturated carbocycles. The molecule has 0 bridgehead atoms. The Morgan fingerprint density at radius 1 is 1.15 bits per heavy atom. The molecule has 2 rings (SSSR count). The summed E-state index contributed by atoms with van der Waals surface area (Å²) >= 11 is 0. The van der Waals surface area contributed by atoms with E-state index in [1.165, 1.54) is 6.20 Å². The highest BCUT2D eigenvalue weighted by atomic mass is 16.3. The predicted molar refractivity (Wildman–Crippen MR) is 48.0 cm³/mol. The van der Waals surface area contributed by atoms with Gasteiger partial charge in [-0.2, -0.15) is 0 Å². The zero-order valence-electron chi connectivity index (χ0n) is 6.81. The Kier molecular flexibility index (Phi) is 1.92. The Morgan fingerprint density at radius 3 is 2.54 bits per heavy atom. The standard InChI is InChI=1S/C10H7N2O/c13-9-3-1-8(2-4-9)10-7-11-5-6-12-10/h1-5,7,13H. The molecule has 3 nitrogen and oxygen atoms in total. The molecule has 1 heterocycles. The third-order valence-electron chi connectivity index (χ3n) is 1.68. The number of rotatable bonds is 1. The van der Waals surface area contributed by atoms with Crippen LogP contribution in [0.25, 0.3) is 11.3 Å². The van der Waals surface area contributed by atoms with Crippen LogP contribution in [0.5, 0.6) is 5.75 Å². The lowest BCUT2D eigenvalue weighted by molar-refractivity contribution is 0.475. The van der Waals surface area contributed by atoms with Crippen molar-refractivity contribution in [2.24, 2.45) is 0 Å². The van der Waals surface area contributed by atoms with Gasteiger partial charge in [0.15, 0.2) is 0 Å². The molecule has 13 heavy (non-hydrogen) atoms. The number of hydrogen-bond donors (Lipinski definition) is 1.